The maximum Gasteiger partial charge on any atom is 0.278 e. The number of rotatable bonds is 11. The Bertz CT molecular complexity index is 273. The van der Waals surface area contributed by atoms with Crippen LogP contribution in [0.15, 0.2) is 0 Å². The Morgan fingerprint density at radius 3 is 1.70 bits per heavy atom. The minimum Gasteiger partial charge on any atom is -0.230 e. The smallest absolute Gasteiger partial charge is 0.230 e. The maximum absolute atomic E-state index is 3.94. The molecule has 0 aromatic rings. The van der Waals surface area contributed by atoms with Gasteiger partial charge < -0.3 is 0 Å². The van der Waals surface area contributed by atoms with E-state index < -0.39 is 0 Å². The van der Waals surface area contributed by atoms with Gasteiger partial charge in [0.1, 0.15) is 0 Å². The third-order valence-corrected chi connectivity index (χ3v) is 4.58. The molecule has 1 aliphatic rings. The summed E-state index contributed by atoms with van der Waals surface area (Å²) < 4.78 is 0. The molecule has 0 unspecified atom stereocenters. The van der Waals surface area contributed by atoms with E-state index in [9.17, 15) is 0 Å². The molecule has 0 heterocycles. The van der Waals surface area contributed by atoms with E-state index in [1.165, 1.54) is 38.5 Å². The molecule has 0 aromatic carbocycles. The first-order valence-corrected chi connectivity index (χ1v) is 8.81. The molecule has 118 valence electrons. The lowest BCUT2D eigenvalue weighted by Gasteiger charge is -2.42. The number of nitrogens with one attached hydrogen (secondary N) is 1. The van der Waals surface area contributed by atoms with Crippen LogP contribution in [0.5, 0.6) is 0 Å². The van der Waals surface area contributed by atoms with Crippen LogP contribution >= 0.6 is 0 Å². The van der Waals surface area contributed by atoms with Crippen molar-refractivity contribution in [1.29, 1.82) is 0 Å². The largest absolute Gasteiger partial charge is 0.278 e. The van der Waals surface area contributed by atoms with E-state index >= 15 is 0 Å². The zero-order valence-corrected chi connectivity index (χ0v) is 14.5. The van der Waals surface area contributed by atoms with Crippen LogP contribution in [-0.4, -0.2) is 47.5 Å². The van der Waals surface area contributed by atoms with Crippen LogP contribution in [0.2, 0.25) is 0 Å². The van der Waals surface area contributed by atoms with E-state index in [1.807, 2.05) is 0 Å². The highest BCUT2D eigenvalue weighted by atomic mass is 15.5. The molecule has 1 N–H and O–H groups in total. The molecule has 0 atom stereocenters. The molecule has 1 fully saturated rings. The van der Waals surface area contributed by atoms with Gasteiger partial charge in [0.05, 0.1) is 0 Å². The van der Waals surface area contributed by atoms with Gasteiger partial charge in [-0.05, 0) is 6.42 Å². The first-order chi connectivity index (χ1) is 9.68. The summed E-state index contributed by atoms with van der Waals surface area (Å²) in [7, 11) is 0. The zero-order chi connectivity index (χ0) is 15.0. The normalized spacial score (nSPS) is 15.2. The average Bonchev–Trinajstić information content (AvgIpc) is 3.25. The second-order valence-corrected chi connectivity index (χ2v) is 5.85. The SMILES string of the molecule is CCCCCC([NH+]=C1CC1)(N(CC)CC)N(CC)CC. The van der Waals surface area contributed by atoms with Gasteiger partial charge in [-0.15, -0.1) is 0 Å². The quantitative estimate of drug-likeness (QED) is 0.463. The van der Waals surface area contributed by atoms with E-state index in [4.69, 9.17) is 0 Å². The Kier molecular flexibility index (Phi) is 7.75. The van der Waals surface area contributed by atoms with Gasteiger partial charge in [0.15, 0.2) is 5.71 Å². The molecule has 0 bridgehead atoms. The van der Waals surface area contributed by atoms with Crippen LogP contribution in [0, 0.1) is 0 Å². The third kappa shape index (κ3) is 4.29. The fraction of sp³-hybridized carbons (Fsp3) is 0.941. The van der Waals surface area contributed by atoms with Gasteiger partial charge in [-0.25, -0.2) is 14.8 Å². The summed E-state index contributed by atoms with van der Waals surface area (Å²) in [4.78, 5) is 9.19. The molecule has 0 aliphatic heterocycles. The summed E-state index contributed by atoms with van der Waals surface area (Å²) in [6, 6.07) is 0. The number of hydrogen-bond donors (Lipinski definition) is 1. The molecular formula is C17H36N3+. The highest BCUT2D eigenvalue weighted by Crippen LogP contribution is 2.22. The van der Waals surface area contributed by atoms with Crippen LogP contribution in [0.25, 0.3) is 0 Å². The van der Waals surface area contributed by atoms with Gasteiger partial charge in [-0.1, -0.05) is 47.5 Å². The van der Waals surface area contributed by atoms with Crippen LogP contribution < -0.4 is 4.99 Å². The van der Waals surface area contributed by atoms with Crippen LogP contribution in [0.1, 0.15) is 73.1 Å². The fourth-order valence-electron chi connectivity index (χ4n) is 3.32. The van der Waals surface area contributed by atoms with E-state index in [0.29, 0.717) is 0 Å². The molecule has 0 saturated heterocycles. The van der Waals surface area contributed by atoms with Gasteiger partial charge >= 0.3 is 0 Å². The predicted molar refractivity (Wildman–Crippen MR) is 87.9 cm³/mol. The lowest BCUT2D eigenvalue weighted by atomic mass is 10.1. The Morgan fingerprint density at radius 2 is 1.35 bits per heavy atom. The fourth-order valence-corrected chi connectivity index (χ4v) is 3.32. The highest BCUT2D eigenvalue weighted by molar-refractivity contribution is 5.92. The summed E-state index contributed by atoms with van der Waals surface area (Å²) in [5, 5.41) is 0. The van der Waals surface area contributed by atoms with Crippen molar-refractivity contribution >= 4 is 5.71 Å². The zero-order valence-electron chi connectivity index (χ0n) is 14.5. The van der Waals surface area contributed by atoms with Crippen molar-refractivity contribution in [3.05, 3.63) is 0 Å². The second-order valence-electron chi connectivity index (χ2n) is 5.85. The molecule has 1 rings (SSSR count). The summed E-state index contributed by atoms with van der Waals surface area (Å²) in [5.41, 5.74) is 1.56. The van der Waals surface area contributed by atoms with Crippen molar-refractivity contribution in [2.24, 2.45) is 0 Å². The van der Waals surface area contributed by atoms with Crippen LogP contribution in [0.4, 0.5) is 0 Å². The van der Waals surface area contributed by atoms with Gasteiger partial charge in [0.2, 0.25) is 0 Å². The monoisotopic (exact) mass is 282 g/mol. The minimum absolute atomic E-state index is 0.0496. The van der Waals surface area contributed by atoms with Crippen LogP contribution in [0.3, 0.4) is 0 Å². The third-order valence-electron chi connectivity index (χ3n) is 4.58. The topological polar surface area (TPSA) is 20.5 Å². The van der Waals surface area contributed by atoms with Crippen molar-refractivity contribution in [1.82, 2.24) is 9.80 Å². The van der Waals surface area contributed by atoms with E-state index in [-0.39, 0.29) is 5.79 Å². The van der Waals surface area contributed by atoms with Crippen molar-refractivity contribution in [2.45, 2.75) is 78.9 Å². The molecule has 0 aromatic heterocycles. The molecule has 0 amide bonds. The summed E-state index contributed by atoms with van der Waals surface area (Å²) in [6.45, 7) is 15.9. The average molecular weight is 282 g/mol. The molecule has 1 aliphatic carbocycles. The maximum atomic E-state index is 3.94. The number of hydrogen-bond acceptors (Lipinski definition) is 2. The van der Waals surface area contributed by atoms with Crippen molar-refractivity contribution in [2.75, 3.05) is 26.2 Å². The molecule has 3 nitrogen and oxygen atoms in total. The molecule has 3 heteroatoms. The molecule has 0 radical (unpaired) electrons. The van der Waals surface area contributed by atoms with Gasteiger partial charge in [0, 0.05) is 45.4 Å². The lowest BCUT2D eigenvalue weighted by molar-refractivity contribution is -0.625. The van der Waals surface area contributed by atoms with Crippen molar-refractivity contribution in [3.8, 4) is 0 Å². The predicted octanol–water partition coefficient (Wildman–Crippen LogP) is 2.22. The van der Waals surface area contributed by atoms with Gasteiger partial charge in [0.25, 0.3) is 5.79 Å². The van der Waals surface area contributed by atoms with Crippen LogP contribution in [-0.2, 0) is 0 Å². The van der Waals surface area contributed by atoms with Crippen molar-refractivity contribution < 1.29 is 4.99 Å². The molecule has 20 heavy (non-hydrogen) atoms. The van der Waals surface area contributed by atoms with E-state index in [1.54, 1.807) is 5.71 Å². The lowest BCUT2D eigenvalue weighted by Crippen LogP contribution is -2.96. The van der Waals surface area contributed by atoms with Gasteiger partial charge in [-0.3, -0.25) is 0 Å². The molecule has 0 spiro atoms. The molecular weight excluding hydrogens is 246 g/mol. The van der Waals surface area contributed by atoms with E-state index in [2.05, 4.69) is 49.4 Å². The second kappa shape index (κ2) is 8.78. The Balaban J connectivity index is 3.04. The Labute approximate surface area is 126 Å². The first-order valence-electron chi connectivity index (χ1n) is 8.81. The van der Waals surface area contributed by atoms with E-state index in [0.717, 1.165) is 26.2 Å². The van der Waals surface area contributed by atoms with Crippen molar-refractivity contribution in [3.63, 3.8) is 0 Å². The Morgan fingerprint density at radius 1 is 0.850 bits per heavy atom. The number of nitrogens with zero attached hydrogens (tertiary/aromatic N) is 2. The minimum atomic E-state index is 0.0496. The summed E-state index contributed by atoms with van der Waals surface area (Å²) in [5.74, 6) is 0.0496. The summed E-state index contributed by atoms with van der Waals surface area (Å²) in [6.07, 6.45) is 7.72. The van der Waals surface area contributed by atoms with Gasteiger partial charge in [-0.2, -0.15) is 0 Å². The first kappa shape index (κ1) is 17.6. The standard InChI is InChI=1S/C17H35N3/c1-6-11-12-15-17(18-16-13-14-16,19(7-2)8-3)20(9-4)10-5/h6-15H2,1-5H3/p+1. The number of unbranched alkanes of at least 4 members (excludes halogenated alkanes) is 2. The molecule has 1 saturated carbocycles. The highest BCUT2D eigenvalue weighted by Gasteiger charge is 2.46. The summed E-state index contributed by atoms with van der Waals surface area (Å²) >= 11 is 0. The Hall–Kier alpha value is -0.410.